The molecule has 224 valence electrons. The molecule has 13 nitrogen and oxygen atoms in total. The standard InChI is InChI=1S/C15H26N2O6.C11H20N2O3/c1-14(2,3)22-12(20)16-7-8-17(10(9-16)11(18)19)13(21)23-15(4,5)6;1-11(2,3)16-10(15)13-6-4-5-8(7-13)9(12)14/h10H,7-9H2,1-6H3,(H,18,19);8H,4-7H2,1-3H3,(H2,12,14). The highest BCUT2D eigenvalue weighted by molar-refractivity contribution is 5.82. The molecule has 2 rings (SSSR count). The summed E-state index contributed by atoms with van der Waals surface area (Å²) in [6, 6.07) is -1.16. The summed E-state index contributed by atoms with van der Waals surface area (Å²) in [6.07, 6.45) is -0.0960. The third kappa shape index (κ3) is 12.4. The van der Waals surface area contributed by atoms with Crippen LogP contribution in [0.4, 0.5) is 14.4 Å². The molecule has 2 heterocycles. The summed E-state index contributed by atoms with van der Waals surface area (Å²) in [4.78, 5) is 62.4. The number of aliphatic carboxylic acids is 1. The second kappa shape index (κ2) is 13.2. The van der Waals surface area contributed by atoms with Crippen molar-refractivity contribution in [3.8, 4) is 0 Å². The molecular formula is C26H46N4O9. The molecule has 0 aromatic rings. The average Bonchev–Trinajstić information content (AvgIpc) is 2.75. The molecule has 0 spiro atoms. The monoisotopic (exact) mass is 558 g/mol. The van der Waals surface area contributed by atoms with Crippen LogP contribution in [0.25, 0.3) is 0 Å². The molecule has 2 saturated heterocycles. The molecule has 0 aromatic heterocycles. The predicted molar refractivity (Wildman–Crippen MR) is 142 cm³/mol. The zero-order valence-electron chi connectivity index (χ0n) is 24.7. The number of amides is 4. The maximum absolute atomic E-state index is 12.1. The van der Waals surface area contributed by atoms with E-state index in [9.17, 15) is 29.1 Å². The normalized spacial score (nSPS) is 20.3. The van der Waals surface area contributed by atoms with E-state index < -0.39 is 41.0 Å². The van der Waals surface area contributed by atoms with E-state index in [1.807, 2.05) is 20.8 Å². The minimum atomic E-state index is -1.19. The van der Waals surface area contributed by atoms with Gasteiger partial charge in [-0.2, -0.15) is 0 Å². The summed E-state index contributed by atoms with van der Waals surface area (Å²) in [5.41, 5.74) is 3.35. The number of ether oxygens (including phenoxy) is 3. The van der Waals surface area contributed by atoms with Gasteiger partial charge in [0.2, 0.25) is 5.91 Å². The molecule has 2 atom stereocenters. The Balaban J connectivity index is 0.000000416. The number of hydrogen-bond donors (Lipinski definition) is 2. The Morgan fingerprint density at radius 3 is 1.54 bits per heavy atom. The molecule has 0 aliphatic carbocycles. The maximum Gasteiger partial charge on any atom is 0.411 e. The molecule has 0 aromatic carbocycles. The largest absolute Gasteiger partial charge is 0.480 e. The number of carbonyl (C=O) groups excluding carboxylic acids is 4. The van der Waals surface area contributed by atoms with Crippen molar-refractivity contribution in [3.05, 3.63) is 0 Å². The fourth-order valence-electron chi connectivity index (χ4n) is 3.73. The Kier molecular flexibility index (Phi) is 11.4. The topological polar surface area (TPSA) is 169 Å². The quantitative estimate of drug-likeness (QED) is 0.484. The van der Waals surface area contributed by atoms with Crippen molar-refractivity contribution < 1.29 is 43.3 Å². The summed E-state index contributed by atoms with van der Waals surface area (Å²) in [7, 11) is 0. The second-order valence-corrected chi connectivity index (χ2v) is 12.6. The van der Waals surface area contributed by atoms with Crippen LogP contribution in [-0.2, 0) is 23.8 Å². The smallest absolute Gasteiger partial charge is 0.411 e. The first kappa shape index (κ1) is 33.8. The van der Waals surface area contributed by atoms with E-state index >= 15 is 0 Å². The number of primary amides is 1. The van der Waals surface area contributed by atoms with Gasteiger partial charge in [0.05, 0.1) is 12.5 Å². The SMILES string of the molecule is CC(C)(C)OC(=O)N1CCCC(C(N)=O)C1.CC(C)(C)OC(=O)N1CCN(C(=O)OC(C)(C)C)C(C(=O)O)C1. The zero-order valence-corrected chi connectivity index (χ0v) is 24.7. The Bertz CT molecular complexity index is 903. The molecule has 2 fully saturated rings. The van der Waals surface area contributed by atoms with Crippen LogP contribution in [0.15, 0.2) is 0 Å². The number of carbonyl (C=O) groups is 5. The molecule has 3 N–H and O–H groups in total. The molecule has 2 aliphatic heterocycles. The lowest BCUT2D eigenvalue weighted by Crippen LogP contribution is -2.60. The van der Waals surface area contributed by atoms with E-state index in [1.165, 1.54) is 4.90 Å². The first-order valence-corrected chi connectivity index (χ1v) is 13.1. The summed E-state index contributed by atoms with van der Waals surface area (Å²) >= 11 is 0. The highest BCUT2D eigenvalue weighted by Crippen LogP contribution is 2.20. The molecule has 39 heavy (non-hydrogen) atoms. The Hall–Kier alpha value is -3.25. The molecule has 0 bridgehead atoms. The number of rotatable bonds is 2. The third-order valence-corrected chi connectivity index (χ3v) is 5.42. The molecule has 4 amide bonds. The number of nitrogens with zero attached hydrogens (tertiary/aromatic N) is 3. The Labute approximate surface area is 230 Å². The van der Waals surface area contributed by atoms with Crippen molar-refractivity contribution in [2.75, 3.05) is 32.7 Å². The number of piperazine rings is 1. The molecule has 2 aliphatic rings. The van der Waals surface area contributed by atoms with Gasteiger partial charge in [0.1, 0.15) is 16.8 Å². The average molecular weight is 559 g/mol. The van der Waals surface area contributed by atoms with E-state index in [1.54, 1.807) is 46.4 Å². The minimum Gasteiger partial charge on any atom is -0.480 e. The maximum atomic E-state index is 12.1. The summed E-state index contributed by atoms with van der Waals surface area (Å²) in [5.74, 6) is -1.77. The van der Waals surface area contributed by atoms with Gasteiger partial charge in [-0.25, -0.2) is 19.2 Å². The van der Waals surface area contributed by atoms with Crippen LogP contribution in [0, 0.1) is 5.92 Å². The van der Waals surface area contributed by atoms with Gasteiger partial charge in [-0.1, -0.05) is 0 Å². The zero-order chi connectivity index (χ0) is 30.3. The number of piperidine rings is 1. The lowest BCUT2D eigenvalue weighted by atomic mass is 9.98. The number of nitrogens with two attached hydrogens (primary N) is 1. The van der Waals surface area contributed by atoms with E-state index in [2.05, 4.69) is 0 Å². The Morgan fingerprint density at radius 2 is 1.13 bits per heavy atom. The molecule has 13 heteroatoms. The van der Waals surface area contributed by atoms with Crippen LogP contribution >= 0.6 is 0 Å². The minimum absolute atomic E-state index is 0.0745. The van der Waals surface area contributed by atoms with Crippen LogP contribution in [0.3, 0.4) is 0 Å². The molecule has 2 unspecified atom stereocenters. The fourth-order valence-corrected chi connectivity index (χ4v) is 3.73. The number of carboxylic acids is 1. The summed E-state index contributed by atoms with van der Waals surface area (Å²) in [5, 5.41) is 9.36. The van der Waals surface area contributed by atoms with Crippen LogP contribution < -0.4 is 5.73 Å². The van der Waals surface area contributed by atoms with Gasteiger partial charge in [-0.3, -0.25) is 9.69 Å². The van der Waals surface area contributed by atoms with Crippen LogP contribution in [0.1, 0.15) is 75.2 Å². The van der Waals surface area contributed by atoms with Gasteiger partial charge in [0.15, 0.2) is 6.04 Å². The van der Waals surface area contributed by atoms with Crippen molar-refractivity contribution >= 4 is 30.2 Å². The summed E-state index contributed by atoms with van der Waals surface area (Å²) < 4.78 is 15.7. The van der Waals surface area contributed by atoms with Crippen molar-refractivity contribution in [1.29, 1.82) is 0 Å². The fraction of sp³-hybridized carbons (Fsp3) is 0.808. The first-order chi connectivity index (χ1) is 17.6. The molecule has 0 saturated carbocycles. The first-order valence-electron chi connectivity index (χ1n) is 13.1. The highest BCUT2D eigenvalue weighted by Gasteiger charge is 2.40. The van der Waals surface area contributed by atoms with Crippen LogP contribution in [0.2, 0.25) is 0 Å². The summed E-state index contributed by atoms with van der Waals surface area (Å²) in [6.45, 7) is 16.9. The van der Waals surface area contributed by atoms with Crippen molar-refractivity contribution in [1.82, 2.24) is 14.7 Å². The van der Waals surface area contributed by atoms with E-state index in [0.29, 0.717) is 13.1 Å². The predicted octanol–water partition coefficient (Wildman–Crippen LogP) is 3.05. The third-order valence-electron chi connectivity index (χ3n) is 5.42. The van der Waals surface area contributed by atoms with Gasteiger partial charge in [0.25, 0.3) is 0 Å². The number of carboxylic acid groups (broad SMARTS) is 1. The highest BCUT2D eigenvalue weighted by atomic mass is 16.6. The van der Waals surface area contributed by atoms with E-state index in [0.717, 1.165) is 17.7 Å². The number of likely N-dealkylation sites (tertiary alicyclic amines) is 1. The second-order valence-electron chi connectivity index (χ2n) is 12.6. The molecule has 0 radical (unpaired) electrons. The van der Waals surface area contributed by atoms with Crippen molar-refractivity contribution in [3.63, 3.8) is 0 Å². The van der Waals surface area contributed by atoms with Crippen molar-refractivity contribution in [2.45, 2.75) is 98.0 Å². The van der Waals surface area contributed by atoms with Gasteiger partial charge in [-0.05, 0) is 75.2 Å². The van der Waals surface area contributed by atoms with Gasteiger partial charge < -0.3 is 34.9 Å². The Morgan fingerprint density at radius 1 is 0.692 bits per heavy atom. The van der Waals surface area contributed by atoms with Crippen LogP contribution in [-0.4, -0.2) is 106 Å². The lowest BCUT2D eigenvalue weighted by Gasteiger charge is -2.39. The van der Waals surface area contributed by atoms with E-state index in [-0.39, 0.29) is 37.6 Å². The van der Waals surface area contributed by atoms with Crippen molar-refractivity contribution in [2.24, 2.45) is 11.7 Å². The van der Waals surface area contributed by atoms with Gasteiger partial charge in [0, 0.05) is 26.2 Å². The van der Waals surface area contributed by atoms with E-state index in [4.69, 9.17) is 19.9 Å². The lowest BCUT2D eigenvalue weighted by molar-refractivity contribution is -0.145. The molecular weight excluding hydrogens is 512 g/mol. The number of hydrogen-bond acceptors (Lipinski definition) is 8. The van der Waals surface area contributed by atoms with Crippen LogP contribution in [0.5, 0.6) is 0 Å². The van der Waals surface area contributed by atoms with Gasteiger partial charge in [-0.15, -0.1) is 0 Å². The van der Waals surface area contributed by atoms with Gasteiger partial charge >= 0.3 is 24.2 Å².